The van der Waals surface area contributed by atoms with Crippen LogP contribution in [0.15, 0.2) is 36.5 Å². The van der Waals surface area contributed by atoms with Gasteiger partial charge in [-0.3, -0.25) is 4.79 Å². The number of fused-ring (bicyclic) bond motifs is 2. The molecule has 1 aromatic carbocycles. The van der Waals surface area contributed by atoms with Gasteiger partial charge in [0.1, 0.15) is 6.04 Å². The van der Waals surface area contributed by atoms with Crippen molar-refractivity contribution in [3.63, 3.8) is 0 Å². The molecule has 2 aromatic heterocycles. The van der Waals surface area contributed by atoms with Crippen LogP contribution in [0.3, 0.4) is 0 Å². The molecule has 2 atom stereocenters. The fourth-order valence-electron chi connectivity index (χ4n) is 3.83. The van der Waals surface area contributed by atoms with Crippen LogP contribution in [0.5, 0.6) is 0 Å². The first-order chi connectivity index (χ1) is 13.5. The second kappa shape index (κ2) is 7.38. The van der Waals surface area contributed by atoms with E-state index in [1.54, 1.807) is 12.3 Å². The van der Waals surface area contributed by atoms with E-state index in [1.165, 1.54) is 15.6 Å². The minimum absolute atomic E-state index is 0.0860. The number of rotatable bonds is 5. The molecule has 0 spiro atoms. The normalized spacial score (nSPS) is 17.1. The first-order valence-electron chi connectivity index (χ1n) is 9.33. The highest BCUT2D eigenvalue weighted by Gasteiger charge is 2.29. The maximum atomic E-state index is 12.6. The molecule has 0 radical (unpaired) electrons. The minimum atomic E-state index is -1.06. The number of amides is 1. The SMILES string of the molecule is Cc1ccnc2nc(C(=O)NC(CC3CCCc4ccccc43)C(=O)O)nn12. The summed E-state index contributed by atoms with van der Waals surface area (Å²) in [7, 11) is 0. The average Bonchev–Trinajstić information content (AvgIpc) is 3.13. The third kappa shape index (κ3) is 3.45. The molecule has 2 unspecified atom stereocenters. The van der Waals surface area contributed by atoms with E-state index in [1.807, 2.05) is 19.1 Å². The van der Waals surface area contributed by atoms with Gasteiger partial charge in [0.25, 0.3) is 11.7 Å². The monoisotopic (exact) mass is 379 g/mol. The number of carboxylic acid groups (broad SMARTS) is 1. The molecule has 0 saturated carbocycles. The Bertz CT molecular complexity index is 1050. The molecule has 8 nitrogen and oxygen atoms in total. The Morgan fingerprint density at radius 3 is 2.93 bits per heavy atom. The third-order valence-electron chi connectivity index (χ3n) is 5.25. The number of carbonyl (C=O) groups excluding carboxylic acids is 1. The van der Waals surface area contributed by atoms with Gasteiger partial charge in [-0.2, -0.15) is 4.98 Å². The summed E-state index contributed by atoms with van der Waals surface area (Å²) in [4.78, 5) is 32.6. The molecule has 0 fully saturated rings. The van der Waals surface area contributed by atoms with Gasteiger partial charge >= 0.3 is 5.97 Å². The third-order valence-corrected chi connectivity index (χ3v) is 5.25. The van der Waals surface area contributed by atoms with Crippen LogP contribution in [0.1, 0.15) is 52.6 Å². The minimum Gasteiger partial charge on any atom is -0.480 e. The lowest BCUT2D eigenvalue weighted by Crippen LogP contribution is -2.42. The summed E-state index contributed by atoms with van der Waals surface area (Å²) in [6.45, 7) is 1.83. The number of aryl methyl sites for hydroxylation is 2. The van der Waals surface area contributed by atoms with E-state index in [2.05, 4.69) is 32.5 Å². The lowest BCUT2D eigenvalue weighted by molar-refractivity contribution is -0.139. The Balaban J connectivity index is 1.53. The van der Waals surface area contributed by atoms with Crippen molar-refractivity contribution in [3.8, 4) is 0 Å². The Kier molecular flexibility index (Phi) is 4.77. The fraction of sp³-hybridized carbons (Fsp3) is 0.350. The van der Waals surface area contributed by atoms with E-state index in [-0.39, 0.29) is 11.7 Å². The van der Waals surface area contributed by atoms with Crippen molar-refractivity contribution in [2.75, 3.05) is 0 Å². The number of hydrogen-bond acceptors (Lipinski definition) is 5. The zero-order valence-electron chi connectivity index (χ0n) is 15.5. The molecule has 2 heterocycles. The first kappa shape index (κ1) is 18.1. The molecule has 1 aliphatic rings. The van der Waals surface area contributed by atoms with Crippen molar-refractivity contribution in [1.29, 1.82) is 0 Å². The van der Waals surface area contributed by atoms with Gasteiger partial charge in [0.2, 0.25) is 5.82 Å². The molecule has 3 aromatic rings. The summed E-state index contributed by atoms with van der Waals surface area (Å²) in [5.41, 5.74) is 3.22. The van der Waals surface area contributed by atoms with Crippen molar-refractivity contribution in [2.24, 2.45) is 0 Å². The smallest absolute Gasteiger partial charge is 0.326 e. The second-order valence-corrected chi connectivity index (χ2v) is 7.12. The highest BCUT2D eigenvalue weighted by atomic mass is 16.4. The number of carboxylic acids is 1. The van der Waals surface area contributed by atoms with Crippen LogP contribution in [0.4, 0.5) is 0 Å². The quantitative estimate of drug-likeness (QED) is 0.703. The molecule has 144 valence electrons. The van der Waals surface area contributed by atoms with E-state index in [0.717, 1.165) is 25.0 Å². The van der Waals surface area contributed by atoms with E-state index < -0.39 is 17.9 Å². The number of nitrogens with one attached hydrogen (secondary N) is 1. The van der Waals surface area contributed by atoms with Gasteiger partial charge in [0.05, 0.1) is 0 Å². The number of nitrogens with zero attached hydrogens (tertiary/aromatic N) is 4. The van der Waals surface area contributed by atoms with E-state index in [0.29, 0.717) is 12.2 Å². The van der Waals surface area contributed by atoms with Gasteiger partial charge in [-0.05, 0) is 55.7 Å². The first-order valence-corrected chi connectivity index (χ1v) is 9.33. The van der Waals surface area contributed by atoms with Crippen LogP contribution in [0.25, 0.3) is 5.78 Å². The second-order valence-electron chi connectivity index (χ2n) is 7.12. The largest absolute Gasteiger partial charge is 0.480 e. The molecule has 1 aliphatic carbocycles. The van der Waals surface area contributed by atoms with Gasteiger partial charge in [0.15, 0.2) is 0 Å². The van der Waals surface area contributed by atoms with Crippen molar-refractivity contribution < 1.29 is 14.7 Å². The standard InChI is InChI=1S/C20H21N5O3/c1-12-9-10-21-20-23-17(24-25(12)20)18(26)22-16(19(27)28)11-14-7-4-6-13-5-2-3-8-15(13)14/h2-3,5,8-10,14,16H,4,6-7,11H2,1H3,(H,22,26)(H,27,28). The van der Waals surface area contributed by atoms with Crippen LogP contribution >= 0.6 is 0 Å². The number of hydrogen-bond donors (Lipinski definition) is 2. The van der Waals surface area contributed by atoms with Crippen LogP contribution in [-0.4, -0.2) is 42.6 Å². The maximum absolute atomic E-state index is 12.6. The predicted molar refractivity (Wildman–Crippen MR) is 101 cm³/mol. The molecule has 8 heteroatoms. The summed E-state index contributed by atoms with van der Waals surface area (Å²) in [6, 6.07) is 8.86. The van der Waals surface area contributed by atoms with Gasteiger partial charge in [-0.25, -0.2) is 14.3 Å². The molecular weight excluding hydrogens is 358 g/mol. The molecule has 0 saturated heterocycles. The Morgan fingerprint density at radius 2 is 2.14 bits per heavy atom. The molecule has 2 N–H and O–H groups in total. The summed E-state index contributed by atoms with van der Waals surface area (Å²) >= 11 is 0. The zero-order chi connectivity index (χ0) is 19.7. The van der Waals surface area contributed by atoms with Gasteiger partial charge < -0.3 is 10.4 Å². The van der Waals surface area contributed by atoms with Crippen LogP contribution in [-0.2, 0) is 11.2 Å². The Labute approximate surface area is 161 Å². The Hall–Kier alpha value is -3.29. The fourth-order valence-corrected chi connectivity index (χ4v) is 3.83. The van der Waals surface area contributed by atoms with Crippen LogP contribution in [0, 0.1) is 6.92 Å². The predicted octanol–water partition coefficient (Wildman–Crippen LogP) is 2.13. The van der Waals surface area contributed by atoms with Crippen molar-refractivity contribution in [1.82, 2.24) is 24.9 Å². The lowest BCUT2D eigenvalue weighted by atomic mass is 9.79. The van der Waals surface area contributed by atoms with E-state index in [9.17, 15) is 14.7 Å². The summed E-state index contributed by atoms with van der Waals surface area (Å²) in [5.74, 6) is -1.35. The number of aliphatic carboxylic acids is 1. The highest BCUT2D eigenvalue weighted by molar-refractivity contribution is 5.93. The number of benzene rings is 1. The van der Waals surface area contributed by atoms with Crippen LogP contribution in [0.2, 0.25) is 0 Å². The molecule has 0 bridgehead atoms. The van der Waals surface area contributed by atoms with Crippen molar-refractivity contribution in [3.05, 3.63) is 59.2 Å². The Morgan fingerprint density at radius 1 is 1.32 bits per heavy atom. The van der Waals surface area contributed by atoms with Crippen molar-refractivity contribution >= 4 is 17.7 Å². The number of aromatic nitrogens is 4. The van der Waals surface area contributed by atoms with Gasteiger partial charge in [0, 0.05) is 11.9 Å². The topological polar surface area (TPSA) is 109 Å². The number of carbonyl (C=O) groups is 2. The van der Waals surface area contributed by atoms with E-state index >= 15 is 0 Å². The summed E-state index contributed by atoms with van der Waals surface area (Å²) in [5, 5.41) is 16.4. The molecule has 28 heavy (non-hydrogen) atoms. The average molecular weight is 379 g/mol. The molecular formula is C20H21N5O3. The lowest BCUT2D eigenvalue weighted by Gasteiger charge is -2.27. The summed E-state index contributed by atoms with van der Waals surface area (Å²) < 4.78 is 1.46. The van der Waals surface area contributed by atoms with Crippen LogP contribution < -0.4 is 5.32 Å². The summed E-state index contributed by atoms with van der Waals surface area (Å²) in [6.07, 6.45) is 4.85. The zero-order valence-corrected chi connectivity index (χ0v) is 15.5. The molecule has 4 rings (SSSR count). The highest BCUT2D eigenvalue weighted by Crippen LogP contribution is 2.34. The molecule has 0 aliphatic heterocycles. The maximum Gasteiger partial charge on any atom is 0.326 e. The van der Waals surface area contributed by atoms with Crippen molar-refractivity contribution in [2.45, 2.75) is 44.6 Å². The molecule has 1 amide bonds. The van der Waals surface area contributed by atoms with E-state index in [4.69, 9.17) is 0 Å². The van der Waals surface area contributed by atoms with Gasteiger partial charge in [-0.15, -0.1) is 5.10 Å². The van der Waals surface area contributed by atoms with Gasteiger partial charge in [-0.1, -0.05) is 24.3 Å².